The Labute approximate surface area is 119 Å². The normalized spacial score (nSPS) is 12.3. The van der Waals surface area contributed by atoms with Gasteiger partial charge in [-0.15, -0.1) is 0 Å². The topological polar surface area (TPSA) is 133 Å². The minimum Gasteiger partial charge on any atom is -0.409 e. The summed E-state index contributed by atoms with van der Waals surface area (Å²) < 4.78 is 26.3. The average Bonchev–Trinajstić information content (AvgIpc) is 2.95. The monoisotopic (exact) mass is 315 g/mol. The summed E-state index contributed by atoms with van der Waals surface area (Å²) in [6, 6.07) is 5.57. The van der Waals surface area contributed by atoms with Crippen LogP contribution in [0.3, 0.4) is 0 Å². The summed E-state index contributed by atoms with van der Waals surface area (Å²) >= 11 is 5.92. The fourth-order valence-corrected chi connectivity index (χ4v) is 2.62. The zero-order valence-electron chi connectivity index (χ0n) is 9.91. The zero-order chi connectivity index (χ0) is 14.8. The second-order valence-electron chi connectivity index (χ2n) is 3.71. The van der Waals surface area contributed by atoms with Gasteiger partial charge in [-0.2, -0.15) is 13.5 Å². The van der Waals surface area contributed by atoms with Crippen molar-refractivity contribution in [2.75, 3.05) is 4.72 Å². The quantitative estimate of drug-likeness (QED) is 0.288. The van der Waals surface area contributed by atoms with Crippen LogP contribution in [0.25, 0.3) is 0 Å². The maximum absolute atomic E-state index is 12.0. The van der Waals surface area contributed by atoms with Gasteiger partial charge in [0.25, 0.3) is 10.0 Å². The van der Waals surface area contributed by atoms with Crippen molar-refractivity contribution in [1.82, 2.24) is 10.2 Å². The molecule has 1 aromatic carbocycles. The van der Waals surface area contributed by atoms with Crippen molar-refractivity contribution in [3.05, 3.63) is 41.0 Å². The first kappa shape index (κ1) is 14.2. The Bertz CT molecular complexity index is 742. The lowest BCUT2D eigenvalue weighted by Crippen LogP contribution is -2.16. The minimum atomic E-state index is -3.84. The van der Waals surface area contributed by atoms with Crippen molar-refractivity contribution in [2.45, 2.75) is 5.03 Å². The van der Waals surface area contributed by atoms with Crippen LogP contribution >= 0.6 is 11.6 Å². The van der Waals surface area contributed by atoms with Crippen molar-refractivity contribution >= 4 is 33.1 Å². The van der Waals surface area contributed by atoms with Crippen LogP contribution in [0.15, 0.2) is 40.6 Å². The second-order valence-corrected chi connectivity index (χ2v) is 5.76. The SMILES string of the molecule is N/C(=N/O)c1ccc(Cl)c(NS(=O)(=O)c2ccn[nH]2)c1. The molecule has 0 fully saturated rings. The van der Waals surface area contributed by atoms with Gasteiger partial charge in [0.15, 0.2) is 10.9 Å². The largest absolute Gasteiger partial charge is 0.409 e. The summed E-state index contributed by atoms with van der Waals surface area (Å²) in [4.78, 5) is 0. The molecule has 0 amide bonds. The van der Waals surface area contributed by atoms with Crippen LogP contribution in [0.5, 0.6) is 0 Å². The van der Waals surface area contributed by atoms with Crippen LogP contribution < -0.4 is 10.5 Å². The van der Waals surface area contributed by atoms with E-state index in [0.29, 0.717) is 5.56 Å². The molecule has 0 aliphatic rings. The fourth-order valence-electron chi connectivity index (χ4n) is 1.41. The molecule has 0 unspecified atom stereocenters. The van der Waals surface area contributed by atoms with E-state index >= 15 is 0 Å². The van der Waals surface area contributed by atoms with Crippen molar-refractivity contribution < 1.29 is 13.6 Å². The van der Waals surface area contributed by atoms with Crippen LogP contribution in [0, 0.1) is 0 Å². The molecule has 10 heteroatoms. The number of sulfonamides is 1. The van der Waals surface area contributed by atoms with Crippen molar-refractivity contribution in [3.8, 4) is 0 Å². The predicted octanol–water partition coefficient (Wildman–Crippen LogP) is 0.958. The first-order chi connectivity index (χ1) is 9.44. The number of benzene rings is 1. The van der Waals surface area contributed by atoms with Crippen LogP contribution in [-0.2, 0) is 10.0 Å². The summed E-state index contributed by atoms with van der Waals surface area (Å²) in [6.07, 6.45) is 1.31. The lowest BCUT2D eigenvalue weighted by atomic mass is 10.2. The Balaban J connectivity index is 2.39. The van der Waals surface area contributed by atoms with Crippen molar-refractivity contribution in [2.24, 2.45) is 10.9 Å². The third-order valence-electron chi connectivity index (χ3n) is 2.38. The number of hydrogen-bond acceptors (Lipinski definition) is 5. The molecule has 106 valence electrons. The molecule has 0 spiro atoms. The molecule has 0 radical (unpaired) electrons. The van der Waals surface area contributed by atoms with Gasteiger partial charge in [0, 0.05) is 5.56 Å². The fraction of sp³-hybridized carbons (Fsp3) is 0. The zero-order valence-corrected chi connectivity index (χ0v) is 11.5. The molecule has 1 aromatic heterocycles. The number of amidine groups is 1. The molecular formula is C10H10ClN5O3S. The molecule has 8 nitrogen and oxygen atoms in total. The number of oxime groups is 1. The highest BCUT2D eigenvalue weighted by Crippen LogP contribution is 2.25. The van der Waals surface area contributed by atoms with Gasteiger partial charge >= 0.3 is 0 Å². The van der Waals surface area contributed by atoms with E-state index in [1.165, 1.54) is 30.5 Å². The number of aromatic amines is 1. The number of nitrogens with two attached hydrogens (primary N) is 1. The van der Waals surface area contributed by atoms with Gasteiger partial charge in [0.2, 0.25) is 0 Å². The van der Waals surface area contributed by atoms with Crippen LogP contribution in [-0.4, -0.2) is 29.7 Å². The van der Waals surface area contributed by atoms with E-state index in [1.54, 1.807) is 0 Å². The molecule has 1 heterocycles. The summed E-state index contributed by atoms with van der Waals surface area (Å²) in [6.45, 7) is 0. The Kier molecular flexibility index (Phi) is 3.81. The Morgan fingerprint density at radius 3 is 2.80 bits per heavy atom. The molecule has 5 N–H and O–H groups in total. The Morgan fingerprint density at radius 1 is 1.45 bits per heavy atom. The molecule has 20 heavy (non-hydrogen) atoms. The molecule has 0 atom stereocenters. The number of nitrogens with zero attached hydrogens (tertiary/aromatic N) is 2. The van der Waals surface area contributed by atoms with E-state index in [4.69, 9.17) is 22.5 Å². The Morgan fingerprint density at radius 2 is 2.20 bits per heavy atom. The maximum Gasteiger partial charge on any atom is 0.278 e. The van der Waals surface area contributed by atoms with Gasteiger partial charge in [0.05, 0.1) is 16.9 Å². The molecule has 0 bridgehead atoms. The maximum atomic E-state index is 12.0. The highest BCUT2D eigenvalue weighted by atomic mass is 35.5. The van der Waals surface area contributed by atoms with Crippen LogP contribution in [0.4, 0.5) is 5.69 Å². The van der Waals surface area contributed by atoms with E-state index in [-0.39, 0.29) is 21.6 Å². The lowest BCUT2D eigenvalue weighted by molar-refractivity contribution is 0.318. The molecule has 2 rings (SSSR count). The van der Waals surface area contributed by atoms with Gasteiger partial charge in [0.1, 0.15) is 0 Å². The third kappa shape index (κ3) is 2.83. The molecule has 0 aliphatic heterocycles. The molecule has 0 saturated carbocycles. The molecular weight excluding hydrogens is 306 g/mol. The van der Waals surface area contributed by atoms with Gasteiger partial charge in [-0.05, 0) is 24.3 Å². The van der Waals surface area contributed by atoms with E-state index in [9.17, 15) is 8.42 Å². The highest BCUT2D eigenvalue weighted by Gasteiger charge is 2.17. The van der Waals surface area contributed by atoms with E-state index < -0.39 is 10.0 Å². The standard InChI is InChI=1S/C10H10ClN5O3S/c11-7-2-1-6(10(12)15-17)5-8(7)16-20(18,19)9-3-4-13-14-9/h1-5,16-17H,(H2,12,15)(H,13,14). The first-order valence-corrected chi connectivity index (χ1v) is 7.10. The van der Waals surface area contributed by atoms with Gasteiger partial charge in [-0.3, -0.25) is 9.82 Å². The average molecular weight is 316 g/mol. The highest BCUT2D eigenvalue weighted by molar-refractivity contribution is 7.92. The van der Waals surface area contributed by atoms with Gasteiger partial charge < -0.3 is 10.9 Å². The molecule has 0 aliphatic carbocycles. The number of anilines is 1. The summed E-state index contributed by atoms with van der Waals surface area (Å²) in [5.74, 6) is -0.163. The number of aromatic nitrogens is 2. The number of rotatable bonds is 4. The van der Waals surface area contributed by atoms with Crippen molar-refractivity contribution in [1.29, 1.82) is 0 Å². The number of hydrogen-bond donors (Lipinski definition) is 4. The third-order valence-corrected chi connectivity index (χ3v) is 4.00. The van der Waals surface area contributed by atoms with Crippen LogP contribution in [0.2, 0.25) is 5.02 Å². The van der Waals surface area contributed by atoms with Gasteiger partial charge in [-0.25, -0.2) is 0 Å². The van der Waals surface area contributed by atoms with Gasteiger partial charge in [-0.1, -0.05) is 16.8 Å². The first-order valence-electron chi connectivity index (χ1n) is 5.23. The second kappa shape index (κ2) is 5.39. The van der Waals surface area contributed by atoms with E-state index in [2.05, 4.69) is 20.1 Å². The minimum absolute atomic E-state index is 0.102. The smallest absolute Gasteiger partial charge is 0.278 e. The number of halogens is 1. The van der Waals surface area contributed by atoms with Crippen molar-refractivity contribution in [3.63, 3.8) is 0 Å². The predicted molar refractivity (Wildman–Crippen MR) is 73.4 cm³/mol. The van der Waals surface area contributed by atoms with E-state index in [1.807, 2.05) is 0 Å². The lowest BCUT2D eigenvalue weighted by Gasteiger charge is -2.09. The molecule has 2 aromatic rings. The van der Waals surface area contributed by atoms with E-state index in [0.717, 1.165) is 0 Å². The molecule has 0 saturated heterocycles. The number of nitrogens with one attached hydrogen (secondary N) is 2. The summed E-state index contributed by atoms with van der Waals surface area (Å²) in [5, 5.41) is 17.4. The summed E-state index contributed by atoms with van der Waals surface area (Å²) in [7, 11) is -3.84. The number of H-pyrrole nitrogens is 1. The summed E-state index contributed by atoms with van der Waals surface area (Å²) in [5.41, 5.74) is 5.86. The van der Waals surface area contributed by atoms with Crippen LogP contribution in [0.1, 0.15) is 5.56 Å². The Hall–Kier alpha value is -2.26.